The van der Waals surface area contributed by atoms with Crippen LogP contribution in [0.2, 0.25) is 0 Å². The van der Waals surface area contributed by atoms with E-state index >= 15 is 0 Å². The SMILES string of the molecule is COC(=O)c1c(C)nc2ccsc2c1N(C)S(=O)(=O)c1ccc(F)cc1. The molecule has 9 heteroatoms. The average molecular weight is 394 g/mol. The fraction of sp³-hybridized carbons (Fsp3) is 0.176. The molecule has 2 aromatic heterocycles. The number of carbonyl (C=O) groups is 1. The van der Waals surface area contributed by atoms with Crippen LogP contribution in [0.5, 0.6) is 0 Å². The van der Waals surface area contributed by atoms with Crippen molar-refractivity contribution in [2.24, 2.45) is 0 Å². The number of rotatable bonds is 4. The molecule has 0 aliphatic heterocycles. The molecule has 0 atom stereocenters. The summed E-state index contributed by atoms with van der Waals surface area (Å²) >= 11 is 1.27. The Morgan fingerprint density at radius 3 is 2.50 bits per heavy atom. The highest BCUT2D eigenvalue weighted by Gasteiger charge is 2.30. The van der Waals surface area contributed by atoms with Gasteiger partial charge in [-0.05, 0) is 42.6 Å². The van der Waals surface area contributed by atoms with Gasteiger partial charge in [-0.1, -0.05) is 0 Å². The number of thiophene rings is 1. The minimum Gasteiger partial charge on any atom is -0.465 e. The summed E-state index contributed by atoms with van der Waals surface area (Å²) < 4.78 is 45.6. The Hall–Kier alpha value is -2.52. The Kier molecular flexibility index (Phi) is 4.68. The highest BCUT2D eigenvalue weighted by molar-refractivity contribution is 7.92. The van der Waals surface area contributed by atoms with Gasteiger partial charge in [-0.2, -0.15) is 0 Å². The lowest BCUT2D eigenvalue weighted by atomic mass is 10.1. The summed E-state index contributed by atoms with van der Waals surface area (Å²) in [5.41, 5.74) is 1.21. The van der Waals surface area contributed by atoms with Crippen LogP contribution in [-0.2, 0) is 14.8 Å². The first kappa shape index (κ1) is 18.3. The van der Waals surface area contributed by atoms with Crippen LogP contribution in [0.4, 0.5) is 10.1 Å². The number of ether oxygens (including phenoxy) is 1. The minimum atomic E-state index is -4.02. The summed E-state index contributed by atoms with van der Waals surface area (Å²) in [6.07, 6.45) is 0. The number of carbonyl (C=O) groups excluding carboxylic acids is 1. The number of fused-ring (bicyclic) bond motifs is 1. The van der Waals surface area contributed by atoms with Gasteiger partial charge in [0.15, 0.2) is 0 Å². The number of methoxy groups -OCH3 is 1. The lowest BCUT2D eigenvalue weighted by Gasteiger charge is -2.23. The molecule has 136 valence electrons. The number of nitrogens with zero attached hydrogens (tertiary/aromatic N) is 2. The van der Waals surface area contributed by atoms with Crippen LogP contribution in [0.15, 0.2) is 40.6 Å². The van der Waals surface area contributed by atoms with Crippen molar-refractivity contribution >= 4 is 43.2 Å². The van der Waals surface area contributed by atoms with Crippen molar-refractivity contribution in [3.63, 3.8) is 0 Å². The fourth-order valence-corrected chi connectivity index (χ4v) is 4.82. The molecule has 0 saturated heterocycles. The van der Waals surface area contributed by atoms with Crippen LogP contribution in [0.25, 0.3) is 10.2 Å². The third-order valence-corrected chi connectivity index (χ3v) is 6.60. The lowest BCUT2D eigenvalue weighted by Crippen LogP contribution is -2.29. The van der Waals surface area contributed by atoms with E-state index in [0.717, 1.165) is 16.4 Å². The van der Waals surface area contributed by atoms with Crippen molar-refractivity contribution < 1.29 is 22.3 Å². The van der Waals surface area contributed by atoms with Crippen molar-refractivity contribution in [3.05, 3.63) is 52.8 Å². The van der Waals surface area contributed by atoms with E-state index in [1.807, 2.05) is 0 Å². The second-order valence-corrected chi connectivity index (χ2v) is 8.36. The normalized spacial score (nSPS) is 11.5. The molecule has 0 spiro atoms. The quantitative estimate of drug-likeness (QED) is 0.634. The Balaban J connectivity index is 2.27. The van der Waals surface area contributed by atoms with Gasteiger partial charge in [0.25, 0.3) is 10.0 Å². The van der Waals surface area contributed by atoms with E-state index in [-0.39, 0.29) is 16.1 Å². The van der Waals surface area contributed by atoms with Gasteiger partial charge in [-0.3, -0.25) is 9.29 Å². The van der Waals surface area contributed by atoms with Crippen molar-refractivity contribution in [1.29, 1.82) is 0 Å². The summed E-state index contributed by atoms with van der Waals surface area (Å²) in [6, 6.07) is 6.24. The van der Waals surface area contributed by atoms with E-state index < -0.39 is 21.8 Å². The average Bonchev–Trinajstić information content (AvgIpc) is 3.07. The molecule has 26 heavy (non-hydrogen) atoms. The van der Waals surface area contributed by atoms with E-state index in [9.17, 15) is 17.6 Å². The Morgan fingerprint density at radius 1 is 1.23 bits per heavy atom. The zero-order valence-corrected chi connectivity index (χ0v) is 15.8. The Morgan fingerprint density at radius 2 is 1.88 bits per heavy atom. The molecule has 0 saturated carbocycles. The van der Waals surface area contributed by atoms with Crippen LogP contribution >= 0.6 is 11.3 Å². The topological polar surface area (TPSA) is 76.6 Å². The third-order valence-electron chi connectivity index (χ3n) is 3.92. The minimum absolute atomic E-state index is 0.0793. The zero-order valence-electron chi connectivity index (χ0n) is 14.2. The second-order valence-electron chi connectivity index (χ2n) is 5.47. The summed E-state index contributed by atoms with van der Waals surface area (Å²) in [5, 5.41) is 1.76. The van der Waals surface area contributed by atoms with Gasteiger partial charge >= 0.3 is 5.97 Å². The zero-order chi connectivity index (χ0) is 19.1. The molecule has 0 bridgehead atoms. The predicted octanol–water partition coefficient (Wildman–Crippen LogP) is 3.36. The van der Waals surface area contributed by atoms with Crippen LogP contribution in [0.1, 0.15) is 16.1 Å². The molecule has 0 radical (unpaired) electrons. The number of aromatic nitrogens is 1. The van der Waals surface area contributed by atoms with Crippen molar-refractivity contribution in [2.45, 2.75) is 11.8 Å². The molecule has 3 rings (SSSR count). The van der Waals surface area contributed by atoms with E-state index in [0.29, 0.717) is 15.9 Å². The third kappa shape index (κ3) is 2.93. The van der Waals surface area contributed by atoms with Gasteiger partial charge in [0.1, 0.15) is 11.4 Å². The van der Waals surface area contributed by atoms with Crippen LogP contribution in [0.3, 0.4) is 0 Å². The number of aryl methyl sites for hydroxylation is 1. The molecule has 0 fully saturated rings. The van der Waals surface area contributed by atoms with Gasteiger partial charge in [0.2, 0.25) is 0 Å². The molecular formula is C17H15FN2O4S2. The lowest BCUT2D eigenvalue weighted by molar-refractivity contribution is 0.0600. The summed E-state index contributed by atoms with van der Waals surface area (Å²) in [5.74, 6) is -1.22. The Bertz CT molecular complexity index is 1090. The predicted molar refractivity (Wildman–Crippen MR) is 97.7 cm³/mol. The molecule has 1 aromatic carbocycles. The number of sulfonamides is 1. The van der Waals surface area contributed by atoms with Crippen LogP contribution in [-0.4, -0.2) is 33.5 Å². The number of anilines is 1. The Labute approximate surface area is 153 Å². The van der Waals surface area contributed by atoms with Gasteiger partial charge < -0.3 is 4.74 Å². The van der Waals surface area contributed by atoms with Gasteiger partial charge in [0.05, 0.1) is 33.6 Å². The van der Waals surface area contributed by atoms with Crippen LogP contribution in [0, 0.1) is 12.7 Å². The first-order chi connectivity index (χ1) is 12.3. The highest BCUT2D eigenvalue weighted by atomic mass is 32.2. The van der Waals surface area contributed by atoms with Crippen molar-refractivity contribution in [1.82, 2.24) is 4.98 Å². The van der Waals surface area contributed by atoms with Crippen LogP contribution < -0.4 is 4.31 Å². The molecular weight excluding hydrogens is 379 g/mol. The largest absolute Gasteiger partial charge is 0.465 e. The maximum absolute atomic E-state index is 13.2. The number of benzene rings is 1. The maximum Gasteiger partial charge on any atom is 0.341 e. The fourth-order valence-electron chi connectivity index (χ4n) is 2.62. The van der Waals surface area contributed by atoms with Gasteiger partial charge in [-0.15, -0.1) is 11.3 Å². The molecule has 0 aliphatic rings. The van der Waals surface area contributed by atoms with Crippen molar-refractivity contribution in [2.75, 3.05) is 18.5 Å². The van der Waals surface area contributed by atoms with E-state index in [1.165, 1.54) is 37.6 Å². The van der Waals surface area contributed by atoms with Crippen molar-refractivity contribution in [3.8, 4) is 0 Å². The monoisotopic (exact) mass is 394 g/mol. The van der Waals surface area contributed by atoms with E-state index in [1.54, 1.807) is 18.4 Å². The maximum atomic E-state index is 13.2. The number of hydrogen-bond donors (Lipinski definition) is 0. The number of hydrogen-bond acceptors (Lipinski definition) is 6. The number of pyridine rings is 1. The number of halogens is 1. The molecule has 0 amide bonds. The standard InChI is InChI=1S/C17H15FN2O4S2/c1-10-14(17(21)24-3)15(16-13(19-10)8-9-25-16)20(2)26(22,23)12-6-4-11(18)5-7-12/h4-9H,1-3H3. The summed E-state index contributed by atoms with van der Waals surface area (Å²) in [4.78, 5) is 16.6. The second kappa shape index (κ2) is 6.65. The molecule has 3 aromatic rings. The molecule has 0 N–H and O–H groups in total. The first-order valence-electron chi connectivity index (χ1n) is 7.48. The summed E-state index contributed by atoms with van der Waals surface area (Å²) in [7, 11) is -1.45. The smallest absolute Gasteiger partial charge is 0.341 e. The number of esters is 1. The van der Waals surface area contributed by atoms with Gasteiger partial charge in [0, 0.05) is 7.05 Å². The molecule has 0 aliphatic carbocycles. The molecule has 0 unspecified atom stereocenters. The molecule has 2 heterocycles. The molecule has 6 nitrogen and oxygen atoms in total. The highest BCUT2D eigenvalue weighted by Crippen LogP contribution is 2.37. The van der Waals surface area contributed by atoms with E-state index in [2.05, 4.69) is 4.98 Å². The van der Waals surface area contributed by atoms with Gasteiger partial charge in [-0.25, -0.2) is 17.6 Å². The first-order valence-corrected chi connectivity index (χ1v) is 9.80. The van der Waals surface area contributed by atoms with E-state index in [4.69, 9.17) is 4.74 Å². The summed E-state index contributed by atoms with van der Waals surface area (Å²) in [6.45, 7) is 1.62.